The second-order valence-corrected chi connectivity index (χ2v) is 6.16. The van der Waals surface area contributed by atoms with Crippen LogP contribution >= 0.6 is 0 Å². The minimum atomic E-state index is 0.612. The number of H-pyrrole nitrogens is 1. The molecule has 0 atom stereocenters. The van der Waals surface area contributed by atoms with E-state index in [2.05, 4.69) is 45.4 Å². The molecule has 132 valence electrons. The Bertz CT molecular complexity index is 1090. The molecule has 0 bridgehead atoms. The molecule has 6 nitrogen and oxygen atoms in total. The third-order valence-corrected chi connectivity index (χ3v) is 4.45. The summed E-state index contributed by atoms with van der Waals surface area (Å²) in [7, 11) is 3.26. The lowest BCUT2D eigenvalue weighted by Gasteiger charge is -2.11. The number of aromatic amines is 1. The summed E-state index contributed by atoms with van der Waals surface area (Å²) < 4.78 is 10.6. The summed E-state index contributed by atoms with van der Waals surface area (Å²) in [5.41, 5.74) is 5.17. The number of fused-ring (bicyclic) bond motifs is 3. The normalized spacial score (nSPS) is 11.0. The summed E-state index contributed by atoms with van der Waals surface area (Å²) in [6.45, 7) is 2.69. The quantitative estimate of drug-likeness (QED) is 0.569. The smallest absolute Gasteiger partial charge is 0.161 e. The molecule has 2 N–H and O–H groups in total. The fourth-order valence-corrected chi connectivity index (χ4v) is 3.12. The summed E-state index contributed by atoms with van der Waals surface area (Å²) in [5, 5.41) is 4.50. The van der Waals surface area contributed by atoms with Crippen molar-refractivity contribution in [3.05, 3.63) is 53.9 Å². The minimum absolute atomic E-state index is 0.612. The van der Waals surface area contributed by atoms with Crippen LogP contribution in [0.25, 0.3) is 21.9 Å². The lowest BCUT2D eigenvalue weighted by molar-refractivity contribution is 0.354. The Morgan fingerprint density at radius 1 is 1.00 bits per heavy atom. The predicted molar refractivity (Wildman–Crippen MR) is 103 cm³/mol. The van der Waals surface area contributed by atoms with Crippen LogP contribution in [-0.4, -0.2) is 29.2 Å². The zero-order valence-corrected chi connectivity index (χ0v) is 15.0. The molecule has 4 rings (SSSR count). The van der Waals surface area contributed by atoms with Crippen molar-refractivity contribution >= 4 is 27.8 Å². The molecule has 0 aliphatic carbocycles. The molecule has 0 amide bonds. The Morgan fingerprint density at radius 3 is 2.65 bits per heavy atom. The third-order valence-electron chi connectivity index (χ3n) is 4.45. The van der Waals surface area contributed by atoms with E-state index < -0.39 is 0 Å². The van der Waals surface area contributed by atoms with E-state index in [-0.39, 0.29) is 0 Å². The number of benzene rings is 2. The molecular weight excluding hydrogens is 328 g/mol. The van der Waals surface area contributed by atoms with Gasteiger partial charge in [0.25, 0.3) is 0 Å². The highest BCUT2D eigenvalue weighted by atomic mass is 16.5. The molecule has 2 aromatic heterocycles. The molecule has 0 aliphatic heterocycles. The van der Waals surface area contributed by atoms with Crippen molar-refractivity contribution in [3.63, 3.8) is 0 Å². The largest absolute Gasteiger partial charge is 0.493 e. The van der Waals surface area contributed by atoms with Crippen molar-refractivity contribution in [3.8, 4) is 11.5 Å². The van der Waals surface area contributed by atoms with Crippen molar-refractivity contribution in [1.29, 1.82) is 0 Å². The summed E-state index contributed by atoms with van der Waals surface area (Å²) >= 11 is 0. The number of methoxy groups -OCH3 is 2. The van der Waals surface area contributed by atoms with Gasteiger partial charge in [0.2, 0.25) is 0 Å². The zero-order valence-electron chi connectivity index (χ0n) is 15.0. The zero-order chi connectivity index (χ0) is 18.1. The summed E-state index contributed by atoms with van der Waals surface area (Å²) in [6, 6.07) is 12.2. The molecular formula is C20H20N4O2. The maximum Gasteiger partial charge on any atom is 0.161 e. The highest BCUT2D eigenvalue weighted by molar-refractivity contribution is 6.08. The van der Waals surface area contributed by atoms with E-state index in [0.717, 1.165) is 33.3 Å². The Balaban J connectivity index is 1.66. The first-order valence-electron chi connectivity index (χ1n) is 8.37. The van der Waals surface area contributed by atoms with Crippen molar-refractivity contribution in [2.75, 3.05) is 19.5 Å². The Hall–Kier alpha value is -3.28. The lowest BCUT2D eigenvalue weighted by atomic mass is 10.1. The molecule has 0 aliphatic rings. The highest BCUT2D eigenvalue weighted by Gasteiger charge is 2.11. The van der Waals surface area contributed by atoms with Crippen molar-refractivity contribution < 1.29 is 9.47 Å². The van der Waals surface area contributed by atoms with Crippen LogP contribution in [0.15, 0.2) is 42.7 Å². The number of hydrogen-bond acceptors (Lipinski definition) is 5. The molecule has 0 radical (unpaired) electrons. The standard InChI is InChI=1S/C20H20N4O2/c1-12-4-6-15-14(8-12)18-19(24-15)20(23-11-22-18)21-10-13-5-7-16(25-2)17(9-13)26-3/h4-9,11,24H,10H2,1-3H3,(H,21,22,23). The summed E-state index contributed by atoms with van der Waals surface area (Å²) in [5.74, 6) is 2.20. The molecule has 6 heteroatoms. The highest BCUT2D eigenvalue weighted by Crippen LogP contribution is 2.30. The fraction of sp³-hybridized carbons (Fsp3) is 0.200. The summed E-state index contributed by atoms with van der Waals surface area (Å²) in [4.78, 5) is 12.3. The van der Waals surface area contributed by atoms with Gasteiger partial charge in [-0.1, -0.05) is 17.7 Å². The number of aromatic nitrogens is 3. The number of anilines is 1. The second kappa shape index (κ2) is 6.55. The van der Waals surface area contributed by atoms with E-state index in [1.165, 1.54) is 5.56 Å². The SMILES string of the molecule is COc1ccc(CNc2ncnc3c2[nH]c2ccc(C)cc23)cc1OC. The predicted octanol–water partition coefficient (Wildman–Crippen LogP) is 4.05. The monoisotopic (exact) mass is 348 g/mol. The van der Waals surface area contributed by atoms with E-state index in [9.17, 15) is 0 Å². The fourth-order valence-electron chi connectivity index (χ4n) is 3.12. The van der Waals surface area contributed by atoms with Crippen molar-refractivity contribution in [1.82, 2.24) is 15.0 Å². The van der Waals surface area contributed by atoms with Gasteiger partial charge in [-0.3, -0.25) is 0 Å². The summed E-state index contributed by atoms with van der Waals surface area (Å²) in [6.07, 6.45) is 1.59. The number of ether oxygens (including phenoxy) is 2. The van der Waals surface area contributed by atoms with Crippen LogP contribution in [0.5, 0.6) is 11.5 Å². The van der Waals surface area contributed by atoms with E-state index in [4.69, 9.17) is 9.47 Å². The maximum absolute atomic E-state index is 5.37. The Morgan fingerprint density at radius 2 is 1.85 bits per heavy atom. The average Bonchev–Trinajstić information content (AvgIpc) is 3.04. The number of hydrogen-bond donors (Lipinski definition) is 2. The van der Waals surface area contributed by atoms with Crippen LogP contribution in [0.3, 0.4) is 0 Å². The first-order chi connectivity index (χ1) is 12.7. The molecule has 26 heavy (non-hydrogen) atoms. The molecule has 2 aromatic carbocycles. The molecule has 2 heterocycles. The van der Waals surface area contributed by atoms with Crippen molar-refractivity contribution in [2.24, 2.45) is 0 Å². The Kier molecular flexibility index (Phi) is 4.08. The van der Waals surface area contributed by atoms with Gasteiger partial charge in [0.1, 0.15) is 17.4 Å². The lowest BCUT2D eigenvalue weighted by Crippen LogP contribution is -2.03. The number of aryl methyl sites for hydroxylation is 1. The van der Waals surface area contributed by atoms with Crippen LogP contribution in [-0.2, 0) is 6.54 Å². The molecule has 0 saturated heterocycles. The van der Waals surface area contributed by atoms with Gasteiger partial charge in [-0.05, 0) is 36.8 Å². The number of rotatable bonds is 5. The molecule has 0 saturated carbocycles. The maximum atomic E-state index is 5.37. The molecule has 0 spiro atoms. The Labute approximate surface area is 151 Å². The van der Waals surface area contributed by atoms with Gasteiger partial charge in [0, 0.05) is 17.4 Å². The van der Waals surface area contributed by atoms with Crippen LogP contribution in [0.2, 0.25) is 0 Å². The minimum Gasteiger partial charge on any atom is -0.493 e. The van der Waals surface area contributed by atoms with Crippen molar-refractivity contribution in [2.45, 2.75) is 13.5 Å². The topological polar surface area (TPSA) is 72.1 Å². The first kappa shape index (κ1) is 16.2. The van der Waals surface area contributed by atoms with Gasteiger partial charge in [-0.2, -0.15) is 0 Å². The van der Waals surface area contributed by atoms with Gasteiger partial charge < -0.3 is 19.8 Å². The van der Waals surface area contributed by atoms with E-state index >= 15 is 0 Å². The average molecular weight is 348 g/mol. The second-order valence-electron chi connectivity index (χ2n) is 6.16. The molecule has 0 fully saturated rings. The number of nitrogens with one attached hydrogen (secondary N) is 2. The first-order valence-corrected chi connectivity index (χ1v) is 8.37. The van der Waals surface area contributed by atoms with Gasteiger partial charge >= 0.3 is 0 Å². The van der Waals surface area contributed by atoms with Crippen LogP contribution in [0.4, 0.5) is 5.82 Å². The van der Waals surface area contributed by atoms with E-state index in [0.29, 0.717) is 18.0 Å². The van der Waals surface area contributed by atoms with Crippen LogP contribution < -0.4 is 14.8 Å². The molecule has 0 unspecified atom stereocenters. The van der Waals surface area contributed by atoms with Gasteiger partial charge in [-0.25, -0.2) is 9.97 Å². The molecule has 4 aromatic rings. The van der Waals surface area contributed by atoms with E-state index in [1.54, 1.807) is 20.5 Å². The van der Waals surface area contributed by atoms with Gasteiger partial charge in [0.05, 0.1) is 14.2 Å². The van der Waals surface area contributed by atoms with Gasteiger partial charge in [-0.15, -0.1) is 0 Å². The van der Waals surface area contributed by atoms with Crippen LogP contribution in [0.1, 0.15) is 11.1 Å². The van der Waals surface area contributed by atoms with E-state index in [1.807, 2.05) is 18.2 Å². The van der Waals surface area contributed by atoms with Crippen LogP contribution in [0, 0.1) is 6.92 Å². The number of nitrogens with zero attached hydrogens (tertiary/aromatic N) is 2. The van der Waals surface area contributed by atoms with Gasteiger partial charge in [0.15, 0.2) is 17.3 Å². The third kappa shape index (κ3) is 2.79.